The van der Waals surface area contributed by atoms with Crippen molar-refractivity contribution in [1.82, 2.24) is 9.96 Å². The Hall–Kier alpha value is -2.45. The molecular weight excluding hydrogens is 426 g/mol. The summed E-state index contributed by atoms with van der Waals surface area (Å²) < 4.78 is 43.7. The van der Waals surface area contributed by atoms with Crippen molar-refractivity contribution in [2.24, 2.45) is 11.1 Å². The number of carbonyl (C=O) groups is 4. The van der Waals surface area contributed by atoms with Gasteiger partial charge in [0.05, 0.1) is 25.9 Å². The Morgan fingerprint density at radius 2 is 1.70 bits per heavy atom. The number of hydrogen-bond donors (Lipinski definition) is 1. The van der Waals surface area contributed by atoms with Crippen molar-refractivity contribution in [3.8, 4) is 0 Å². The van der Waals surface area contributed by atoms with Gasteiger partial charge in [-0.3, -0.25) is 14.4 Å². The van der Waals surface area contributed by atoms with Crippen LogP contribution in [0.3, 0.4) is 0 Å². The van der Waals surface area contributed by atoms with Gasteiger partial charge in [0.25, 0.3) is 0 Å². The lowest BCUT2D eigenvalue weighted by molar-refractivity contribution is -0.173. The van der Waals surface area contributed by atoms with E-state index in [0.29, 0.717) is 5.06 Å². The van der Waals surface area contributed by atoms with Crippen LogP contribution >= 0.6 is 0 Å². The van der Waals surface area contributed by atoms with Crippen LogP contribution in [0.1, 0.15) is 33.6 Å². The van der Waals surface area contributed by atoms with E-state index in [1.165, 1.54) is 13.8 Å². The molecule has 0 saturated carbocycles. The van der Waals surface area contributed by atoms with Gasteiger partial charge in [-0.05, 0) is 33.6 Å². The molecule has 2 saturated heterocycles. The molecule has 2 aliphatic heterocycles. The third kappa shape index (κ3) is 4.82. The van der Waals surface area contributed by atoms with Gasteiger partial charge in [0.15, 0.2) is 5.41 Å². The van der Waals surface area contributed by atoms with Gasteiger partial charge in [0.2, 0.25) is 5.91 Å². The fraction of sp³-hybridized carbons (Fsp3) is 0.750. The molecule has 0 aliphatic carbocycles. The van der Waals surface area contributed by atoms with E-state index in [1.807, 2.05) is 0 Å². The first-order valence-electron chi connectivity index (χ1n) is 9.29. The minimum atomic E-state index is -4.86. The molecule has 14 heteroatoms. The number of fused-ring (bicyclic) bond motifs is 2. The quantitative estimate of drug-likeness (QED) is 0.323. The summed E-state index contributed by atoms with van der Waals surface area (Å²) in [5.41, 5.74) is 3.19. The van der Waals surface area contributed by atoms with Crippen LogP contribution in [0.4, 0.5) is 4.79 Å². The highest BCUT2D eigenvalue weighted by Gasteiger charge is 2.50. The van der Waals surface area contributed by atoms with Gasteiger partial charge in [-0.15, -0.1) is 4.28 Å². The molecule has 2 atom stereocenters. The van der Waals surface area contributed by atoms with Gasteiger partial charge in [0, 0.05) is 6.54 Å². The molecule has 0 spiro atoms. The van der Waals surface area contributed by atoms with Gasteiger partial charge in [-0.25, -0.2) is 8.98 Å². The van der Waals surface area contributed by atoms with E-state index in [9.17, 15) is 27.6 Å². The Kier molecular flexibility index (Phi) is 7.26. The zero-order chi connectivity index (χ0) is 22.7. The number of rotatable bonds is 10. The lowest BCUT2D eigenvalue weighted by atomic mass is 9.92. The predicted molar refractivity (Wildman–Crippen MR) is 97.3 cm³/mol. The average molecular weight is 451 g/mol. The second-order valence-electron chi connectivity index (χ2n) is 6.93. The number of piperidine rings is 1. The van der Waals surface area contributed by atoms with E-state index in [0.717, 1.165) is 11.8 Å². The van der Waals surface area contributed by atoms with Gasteiger partial charge in [-0.2, -0.15) is 13.5 Å². The number of hydrogen-bond acceptors (Lipinski definition) is 10. The van der Waals surface area contributed by atoms with E-state index >= 15 is 0 Å². The summed E-state index contributed by atoms with van der Waals surface area (Å²) in [5.74, 6) is -2.79. The highest BCUT2D eigenvalue weighted by Crippen LogP contribution is 2.31. The fourth-order valence-electron chi connectivity index (χ4n) is 3.12. The summed E-state index contributed by atoms with van der Waals surface area (Å²) in [6, 6.07) is -2.35. The summed E-state index contributed by atoms with van der Waals surface area (Å²) >= 11 is 0. The molecule has 2 unspecified atom stereocenters. The number of urea groups is 1. The summed E-state index contributed by atoms with van der Waals surface area (Å²) in [6.07, 6.45) is 0.547. The van der Waals surface area contributed by atoms with Crippen LogP contribution in [0.25, 0.3) is 0 Å². The topological polar surface area (TPSA) is 172 Å². The number of esters is 2. The van der Waals surface area contributed by atoms with E-state index in [1.54, 1.807) is 0 Å². The number of ether oxygens (including phenoxy) is 2. The van der Waals surface area contributed by atoms with Crippen molar-refractivity contribution in [1.29, 1.82) is 0 Å². The maximum Gasteiger partial charge on any atom is 0.421 e. The van der Waals surface area contributed by atoms with Crippen molar-refractivity contribution < 1.29 is 45.5 Å². The van der Waals surface area contributed by atoms with Crippen LogP contribution in [-0.4, -0.2) is 80.7 Å². The van der Waals surface area contributed by atoms with Gasteiger partial charge < -0.3 is 20.1 Å². The molecule has 0 aromatic rings. The Morgan fingerprint density at radius 1 is 1.13 bits per heavy atom. The molecule has 13 nitrogen and oxygen atoms in total. The highest BCUT2D eigenvalue weighted by molar-refractivity contribution is 7.81. The molecule has 2 rings (SSSR count). The molecule has 2 bridgehead atoms. The Morgan fingerprint density at radius 3 is 2.20 bits per heavy atom. The normalized spacial score (nSPS) is 21.5. The predicted octanol–water partition coefficient (Wildman–Crippen LogP) is -0.934. The first-order chi connectivity index (χ1) is 14.0. The van der Waals surface area contributed by atoms with E-state index in [-0.39, 0.29) is 32.6 Å². The zero-order valence-electron chi connectivity index (χ0n) is 16.9. The summed E-state index contributed by atoms with van der Waals surface area (Å²) in [6.45, 7) is 3.11. The lowest BCUT2D eigenvalue weighted by Crippen LogP contribution is -2.47. The number of amides is 3. The monoisotopic (exact) mass is 451 g/mol. The molecule has 0 aromatic carbocycles. The lowest BCUT2D eigenvalue weighted by Gasteiger charge is -2.27. The number of carbonyl (C=O) groups excluding carboxylic acids is 4. The van der Waals surface area contributed by atoms with E-state index in [4.69, 9.17) is 23.7 Å². The minimum absolute atomic E-state index is 0.0576. The number of nitrogens with zero attached hydrogens (tertiary/aromatic N) is 2. The van der Waals surface area contributed by atoms with Gasteiger partial charge in [-0.1, -0.05) is 0 Å². The van der Waals surface area contributed by atoms with Crippen LogP contribution in [0, 0.1) is 5.41 Å². The zero-order valence-corrected chi connectivity index (χ0v) is 17.7. The molecule has 2 aliphatic rings. The molecule has 3 amide bonds. The molecular formula is C16H25N3O10S. The summed E-state index contributed by atoms with van der Waals surface area (Å²) in [5, 5.41) is 0.588. The fourth-order valence-corrected chi connectivity index (χ4v) is 3.92. The second kappa shape index (κ2) is 9.14. The number of nitrogens with two attached hydrogens (primary N) is 1. The first-order valence-corrected chi connectivity index (χ1v) is 10.6. The van der Waals surface area contributed by atoms with Crippen LogP contribution < -0.4 is 5.73 Å². The van der Waals surface area contributed by atoms with Gasteiger partial charge >= 0.3 is 28.4 Å². The minimum Gasteiger partial charge on any atom is -0.465 e. The maximum absolute atomic E-state index is 12.4. The second-order valence-corrected chi connectivity index (χ2v) is 8.13. The highest BCUT2D eigenvalue weighted by atomic mass is 32.3. The average Bonchev–Trinajstić information content (AvgIpc) is 2.90. The van der Waals surface area contributed by atoms with Crippen molar-refractivity contribution in [3.05, 3.63) is 0 Å². The van der Waals surface area contributed by atoms with Crippen LogP contribution in [-0.2, 0) is 42.7 Å². The first kappa shape index (κ1) is 23.8. The smallest absolute Gasteiger partial charge is 0.421 e. The maximum atomic E-state index is 12.4. The Bertz CT molecular complexity index is 796. The van der Waals surface area contributed by atoms with E-state index < -0.39 is 58.4 Å². The van der Waals surface area contributed by atoms with Crippen LogP contribution in [0.5, 0.6) is 0 Å². The molecule has 2 heterocycles. The third-order valence-corrected chi connectivity index (χ3v) is 5.52. The molecule has 0 radical (unpaired) electrons. The van der Waals surface area contributed by atoms with Crippen molar-refractivity contribution in [3.63, 3.8) is 0 Å². The van der Waals surface area contributed by atoms with Gasteiger partial charge in [0.1, 0.15) is 6.04 Å². The SMILES string of the molecule is CCOC(=O)C(C)(COS(=O)(=O)ON1C(=O)N2CC1CCC2C(N)=O)C(=O)OCC. The standard InChI is InChI=1S/C16H25N3O10S/c1-4-26-13(21)16(3,14(22)27-5-2)9-28-30(24,25)29-19-10-6-7-11(12(17)20)18(8-10)15(19)23/h10-11H,4-9H2,1-3H3,(H2,17,20). The largest absolute Gasteiger partial charge is 0.465 e. The van der Waals surface area contributed by atoms with Crippen LogP contribution in [0.2, 0.25) is 0 Å². The Balaban J connectivity index is 2.10. The number of hydroxylamine groups is 2. The van der Waals surface area contributed by atoms with Crippen LogP contribution in [0.15, 0.2) is 0 Å². The summed E-state index contributed by atoms with van der Waals surface area (Å²) in [4.78, 5) is 49.4. The molecule has 30 heavy (non-hydrogen) atoms. The molecule has 2 fully saturated rings. The third-order valence-electron chi connectivity index (χ3n) is 4.77. The molecule has 170 valence electrons. The molecule has 0 aromatic heterocycles. The van der Waals surface area contributed by atoms with Crippen molar-refractivity contribution in [2.75, 3.05) is 26.4 Å². The van der Waals surface area contributed by atoms with Crippen molar-refractivity contribution in [2.45, 2.75) is 45.7 Å². The van der Waals surface area contributed by atoms with E-state index in [2.05, 4.69) is 0 Å². The number of primary amides is 1. The summed E-state index contributed by atoms with van der Waals surface area (Å²) in [7, 11) is -4.86. The molecule has 2 N–H and O–H groups in total. The Labute approximate surface area is 173 Å². The van der Waals surface area contributed by atoms with Crippen molar-refractivity contribution >= 4 is 34.3 Å².